The monoisotopic (exact) mass is 268 g/mol. The Labute approximate surface area is 114 Å². The van der Waals surface area contributed by atoms with E-state index in [2.05, 4.69) is 47.9 Å². The summed E-state index contributed by atoms with van der Waals surface area (Å²) in [6.07, 6.45) is 2.01. The summed E-state index contributed by atoms with van der Waals surface area (Å²) in [6.45, 7) is 11.9. The van der Waals surface area contributed by atoms with Gasteiger partial charge in [0.15, 0.2) is 5.13 Å². The van der Waals surface area contributed by atoms with Crippen molar-refractivity contribution in [3.8, 4) is 0 Å². The van der Waals surface area contributed by atoms with Gasteiger partial charge in [0.25, 0.3) is 0 Å². The summed E-state index contributed by atoms with van der Waals surface area (Å²) in [5.74, 6) is 0. The summed E-state index contributed by atoms with van der Waals surface area (Å²) in [7, 11) is 2.18. The van der Waals surface area contributed by atoms with Crippen LogP contribution in [0.2, 0.25) is 0 Å². The van der Waals surface area contributed by atoms with Crippen molar-refractivity contribution in [2.24, 2.45) is 0 Å². The molecule has 0 aliphatic carbocycles. The lowest BCUT2D eigenvalue weighted by atomic mass is 10.1. The number of likely N-dealkylation sites (N-methyl/N-ethyl adjacent to an activating group) is 1. The SMILES string of the molecule is CN1CCN(c2ncc(CNC(C)(C)C)s2)CC1. The summed E-state index contributed by atoms with van der Waals surface area (Å²) in [4.78, 5) is 10.6. The molecule has 4 nitrogen and oxygen atoms in total. The number of hydrogen-bond donors (Lipinski definition) is 1. The fourth-order valence-electron chi connectivity index (χ4n) is 1.88. The summed E-state index contributed by atoms with van der Waals surface area (Å²) < 4.78 is 0. The van der Waals surface area contributed by atoms with E-state index >= 15 is 0 Å². The Hall–Kier alpha value is -0.650. The number of rotatable bonds is 3. The Morgan fingerprint density at radius 2 is 1.94 bits per heavy atom. The molecule has 1 aromatic rings. The largest absolute Gasteiger partial charge is 0.346 e. The van der Waals surface area contributed by atoms with Gasteiger partial charge in [-0.25, -0.2) is 4.98 Å². The van der Waals surface area contributed by atoms with Gasteiger partial charge in [-0.3, -0.25) is 0 Å². The Bertz CT molecular complexity index is 375. The molecule has 0 amide bonds. The number of anilines is 1. The first-order valence-electron chi connectivity index (χ1n) is 6.57. The third-order valence-corrected chi connectivity index (χ3v) is 4.17. The van der Waals surface area contributed by atoms with Crippen LogP contribution in [-0.2, 0) is 6.54 Å². The van der Waals surface area contributed by atoms with Gasteiger partial charge in [-0.05, 0) is 27.8 Å². The zero-order valence-corrected chi connectivity index (χ0v) is 12.7. The van der Waals surface area contributed by atoms with Gasteiger partial charge in [0.05, 0.1) is 0 Å². The first-order valence-corrected chi connectivity index (χ1v) is 7.39. The second-order valence-electron chi connectivity index (χ2n) is 6.00. The molecule has 5 heteroatoms. The van der Waals surface area contributed by atoms with Gasteiger partial charge in [0.1, 0.15) is 0 Å². The molecule has 0 bridgehead atoms. The standard InChI is InChI=1S/C13H24N4S/c1-13(2,3)15-10-11-9-14-12(18-11)17-7-5-16(4)6-8-17/h9,15H,5-8,10H2,1-4H3. The zero-order valence-electron chi connectivity index (χ0n) is 11.9. The van der Waals surface area contributed by atoms with Crippen LogP contribution in [0, 0.1) is 0 Å². The minimum Gasteiger partial charge on any atom is -0.346 e. The molecule has 2 heterocycles. The van der Waals surface area contributed by atoms with Crippen molar-refractivity contribution in [3.05, 3.63) is 11.1 Å². The van der Waals surface area contributed by atoms with Gasteiger partial charge in [-0.2, -0.15) is 0 Å². The normalized spacial score (nSPS) is 18.3. The number of thiazole rings is 1. The molecule has 0 unspecified atom stereocenters. The van der Waals surface area contributed by atoms with E-state index in [1.807, 2.05) is 17.5 Å². The summed E-state index contributed by atoms with van der Waals surface area (Å²) in [6, 6.07) is 0. The number of piperazine rings is 1. The Balaban J connectivity index is 1.90. The van der Waals surface area contributed by atoms with Crippen molar-refractivity contribution in [2.75, 3.05) is 38.1 Å². The summed E-state index contributed by atoms with van der Waals surface area (Å²) >= 11 is 1.82. The Kier molecular flexibility index (Phi) is 4.25. The predicted octanol–water partition coefficient (Wildman–Crippen LogP) is 1.78. The fourth-order valence-corrected chi connectivity index (χ4v) is 2.78. The van der Waals surface area contributed by atoms with E-state index < -0.39 is 0 Å². The van der Waals surface area contributed by atoms with Crippen LogP contribution in [0.4, 0.5) is 5.13 Å². The average Bonchev–Trinajstić information content (AvgIpc) is 2.75. The van der Waals surface area contributed by atoms with E-state index in [9.17, 15) is 0 Å². The third kappa shape index (κ3) is 3.93. The molecule has 18 heavy (non-hydrogen) atoms. The van der Waals surface area contributed by atoms with Crippen molar-refractivity contribution in [3.63, 3.8) is 0 Å². The Morgan fingerprint density at radius 3 is 2.56 bits per heavy atom. The van der Waals surface area contributed by atoms with Crippen molar-refractivity contribution in [1.82, 2.24) is 15.2 Å². The topological polar surface area (TPSA) is 31.4 Å². The highest BCUT2D eigenvalue weighted by Gasteiger charge is 2.17. The molecular weight excluding hydrogens is 244 g/mol. The molecule has 0 aromatic carbocycles. The maximum Gasteiger partial charge on any atom is 0.185 e. The van der Waals surface area contributed by atoms with Crippen LogP contribution in [0.25, 0.3) is 0 Å². The van der Waals surface area contributed by atoms with Gasteiger partial charge in [0.2, 0.25) is 0 Å². The van der Waals surface area contributed by atoms with Gasteiger partial charge in [-0.1, -0.05) is 0 Å². The summed E-state index contributed by atoms with van der Waals surface area (Å²) in [5.41, 5.74) is 0.165. The summed E-state index contributed by atoms with van der Waals surface area (Å²) in [5, 5.41) is 4.68. The first-order chi connectivity index (χ1) is 8.44. The first kappa shape index (κ1) is 13.8. The van der Waals surface area contributed by atoms with Crippen molar-refractivity contribution < 1.29 is 0 Å². The van der Waals surface area contributed by atoms with E-state index in [0.29, 0.717) is 0 Å². The van der Waals surface area contributed by atoms with Crippen LogP contribution in [0.15, 0.2) is 6.20 Å². The van der Waals surface area contributed by atoms with Gasteiger partial charge in [0, 0.05) is 49.3 Å². The van der Waals surface area contributed by atoms with Crippen LogP contribution >= 0.6 is 11.3 Å². The second-order valence-corrected chi connectivity index (χ2v) is 7.10. The molecular formula is C13H24N4S. The van der Waals surface area contributed by atoms with E-state index in [4.69, 9.17) is 0 Å². The van der Waals surface area contributed by atoms with Gasteiger partial charge in [-0.15, -0.1) is 11.3 Å². The maximum absolute atomic E-state index is 4.55. The predicted molar refractivity (Wildman–Crippen MR) is 78.4 cm³/mol. The molecule has 1 aliphatic heterocycles. The molecule has 0 atom stereocenters. The minimum atomic E-state index is 0.165. The molecule has 0 saturated carbocycles. The van der Waals surface area contributed by atoms with Crippen molar-refractivity contribution in [1.29, 1.82) is 0 Å². The fraction of sp³-hybridized carbons (Fsp3) is 0.769. The third-order valence-electron chi connectivity index (χ3n) is 3.11. The molecule has 1 aliphatic rings. The van der Waals surface area contributed by atoms with Crippen LogP contribution < -0.4 is 10.2 Å². The van der Waals surface area contributed by atoms with Crippen LogP contribution in [0.5, 0.6) is 0 Å². The molecule has 1 saturated heterocycles. The molecule has 1 aromatic heterocycles. The highest BCUT2D eigenvalue weighted by molar-refractivity contribution is 7.15. The molecule has 102 valence electrons. The number of nitrogens with zero attached hydrogens (tertiary/aromatic N) is 3. The highest BCUT2D eigenvalue weighted by Crippen LogP contribution is 2.23. The smallest absolute Gasteiger partial charge is 0.185 e. The lowest BCUT2D eigenvalue weighted by Crippen LogP contribution is -2.44. The molecule has 0 spiro atoms. The molecule has 1 fully saturated rings. The number of nitrogens with one attached hydrogen (secondary N) is 1. The van der Waals surface area contributed by atoms with Gasteiger partial charge < -0.3 is 15.1 Å². The Morgan fingerprint density at radius 1 is 1.28 bits per heavy atom. The molecule has 2 rings (SSSR count). The zero-order chi connectivity index (χ0) is 13.2. The number of aromatic nitrogens is 1. The molecule has 1 N–H and O–H groups in total. The second kappa shape index (κ2) is 5.55. The van der Waals surface area contributed by atoms with Crippen LogP contribution in [-0.4, -0.2) is 48.6 Å². The van der Waals surface area contributed by atoms with Gasteiger partial charge >= 0.3 is 0 Å². The quantitative estimate of drug-likeness (QED) is 0.905. The van der Waals surface area contributed by atoms with Crippen LogP contribution in [0.1, 0.15) is 25.6 Å². The number of hydrogen-bond acceptors (Lipinski definition) is 5. The lowest BCUT2D eigenvalue weighted by Gasteiger charge is -2.32. The lowest BCUT2D eigenvalue weighted by molar-refractivity contribution is 0.313. The van der Waals surface area contributed by atoms with E-state index in [-0.39, 0.29) is 5.54 Å². The van der Waals surface area contributed by atoms with E-state index in [0.717, 1.165) is 32.7 Å². The van der Waals surface area contributed by atoms with Crippen molar-refractivity contribution >= 4 is 16.5 Å². The van der Waals surface area contributed by atoms with Crippen LogP contribution in [0.3, 0.4) is 0 Å². The van der Waals surface area contributed by atoms with Crippen molar-refractivity contribution in [2.45, 2.75) is 32.9 Å². The maximum atomic E-state index is 4.55. The van der Waals surface area contributed by atoms with E-state index in [1.165, 1.54) is 10.0 Å². The minimum absolute atomic E-state index is 0.165. The molecule has 0 radical (unpaired) electrons. The highest BCUT2D eigenvalue weighted by atomic mass is 32.1. The average molecular weight is 268 g/mol. The van der Waals surface area contributed by atoms with E-state index in [1.54, 1.807) is 0 Å².